The van der Waals surface area contributed by atoms with Gasteiger partial charge in [0, 0.05) is 4.88 Å². The van der Waals surface area contributed by atoms with Gasteiger partial charge >= 0.3 is 11.9 Å². The molecule has 1 aromatic carbocycles. The zero-order chi connectivity index (χ0) is 21.7. The number of aryl methyl sites for hydroxylation is 1. The number of hydrogen-bond donors (Lipinski definition) is 1. The summed E-state index contributed by atoms with van der Waals surface area (Å²) in [6.07, 6.45) is 2.13. The molecular weight excluding hydrogens is 406 g/mol. The number of benzene rings is 1. The lowest BCUT2D eigenvalue weighted by atomic mass is 9.85. The molecule has 0 saturated carbocycles. The van der Waals surface area contributed by atoms with E-state index in [0.29, 0.717) is 28.3 Å². The first kappa shape index (κ1) is 21.8. The Labute approximate surface area is 179 Å². The third-order valence-corrected chi connectivity index (χ3v) is 6.08. The number of fused-ring (bicyclic) bond motifs is 1. The van der Waals surface area contributed by atoms with Crippen molar-refractivity contribution >= 4 is 34.2 Å². The highest BCUT2D eigenvalue weighted by molar-refractivity contribution is 7.17. The lowest BCUT2D eigenvalue weighted by Gasteiger charge is -2.22. The summed E-state index contributed by atoms with van der Waals surface area (Å²) < 4.78 is 15.8. The van der Waals surface area contributed by atoms with Crippen LogP contribution in [0.25, 0.3) is 0 Å². The summed E-state index contributed by atoms with van der Waals surface area (Å²) in [4.78, 5) is 39.2. The minimum atomic E-state index is -0.554. The van der Waals surface area contributed by atoms with Crippen molar-refractivity contribution in [2.75, 3.05) is 25.6 Å². The van der Waals surface area contributed by atoms with Crippen LogP contribution in [-0.2, 0) is 20.7 Å². The molecule has 1 atom stereocenters. The van der Waals surface area contributed by atoms with Gasteiger partial charge in [0.15, 0.2) is 0 Å². The van der Waals surface area contributed by atoms with E-state index >= 15 is 0 Å². The third-order valence-electron chi connectivity index (χ3n) is 4.90. The molecule has 1 aliphatic rings. The van der Waals surface area contributed by atoms with E-state index in [2.05, 4.69) is 5.32 Å². The molecule has 1 aromatic heterocycles. The second-order valence-corrected chi connectivity index (χ2v) is 7.82. The molecule has 0 aliphatic heterocycles. The number of hydrogen-bond acceptors (Lipinski definition) is 7. The summed E-state index contributed by atoms with van der Waals surface area (Å²) in [5.41, 5.74) is 1.22. The molecule has 0 bridgehead atoms. The second kappa shape index (κ2) is 9.75. The molecular formula is C22H25NO6S. The van der Waals surface area contributed by atoms with Crippen molar-refractivity contribution in [1.82, 2.24) is 0 Å². The van der Waals surface area contributed by atoms with Crippen LogP contribution in [0.1, 0.15) is 63.8 Å². The van der Waals surface area contributed by atoms with E-state index < -0.39 is 17.8 Å². The number of anilines is 1. The summed E-state index contributed by atoms with van der Waals surface area (Å²) in [6.45, 7) is 3.92. The van der Waals surface area contributed by atoms with Crippen molar-refractivity contribution in [2.45, 2.75) is 39.0 Å². The van der Waals surface area contributed by atoms with Crippen LogP contribution in [0, 0.1) is 0 Å². The standard InChI is InChI=1S/C22H25NO6S/c1-4-28-21(25)14-10-8-12-16-17(14)18(22(26)29-5-2)20(30-16)23-19(24)13-9-6-7-11-15(13)27-3/h6-7,9,11,14H,4-5,8,10,12H2,1-3H3,(H,23,24). The first-order valence-electron chi connectivity index (χ1n) is 9.95. The minimum Gasteiger partial charge on any atom is -0.496 e. The van der Waals surface area contributed by atoms with E-state index in [1.54, 1.807) is 38.1 Å². The quantitative estimate of drug-likeness (QED) is 0.662. The number of esters is 2. The monoisotopic (exact) mass is 431 g/mol. The van der Waals surface area contributed by atoms with Crippen molar-refractivity contribution in [3.8, 4) is 5.75 Å². The van der Waals surface area contributed by atoms with Gasteiger partial charge in [-0.3, -0.25) is 9.59 Å². The van der Waals surface area contributed by atoms with Gasteiger partial charge in [-0.1, -0.05) is 12.1 Å². The van der Waals surface area contributed by atoms with Gasteiger partial charge in [-0.2, -0.15) is 0 Å². The van der Waals surface area contributed by atoms with Crippen LogP contribution in [0.15, 0.2) is 24.3 Å². The van der Waals surface area contributed by atoms with E-state index in [4.69, 9.17) is 14.2 Å². The molecule has 1 heterocycles. The van der Waals surface area contributed by atoms with E-state index in [1.807, 2.05) is 0 Å². The number of ether oxygens (including phenoxy) is 3. The van der Waals surface area contributed by atoms with Gasteiger partial charge in [0.1, 0.15) is 10.8 Å². The Hall–Kier alpha value is -2.87. The Morgan fingerprint density at radius 2 is 1.87 bits per heavy atom. The molecule has 0 spiro atoms. The highest BCUT2D eigenvalue weighted by atomic mass is 32.1. The summed E-state index contributed by atoms with van der Waals surface area (Å²) in [6, 6.07) is 6.85. The van der Waals surface area contributed by atoms with Crippen LogP contribution in [0.3, 0.4) is 0 Å². The van der Waals surface area contributed by atoms with Crippen LogP contribution in [0.2, 0.25) is 0 Å². The van der Waals surface area contributed by atoms with Gasteiger partial charge in [-0.15, -0.1) is 11.3 Å². The van der Waals surface area contributed by atoms with Crippen molar-refractivity contribution in [2.24, 2.45) is 0 Å². The summed E-state index contributed by atoms with van der Waals surface area (Å²) in [5, 5.41) is 3.22. The van der Waals surface area contributed by atoms with Gasteiger partial charge in [-0.05, 0) is 50.8 Å². The average Bonchev–Trinajstić information content (AvgIpc) is 3.11. The number of nitrogens with one attached hydrogen (secondary N) is 1. The van der Waals surface area contributed by atoms with Crippen molar-refractivity contribution in [3.05, 3.63) is 45.8 Å². The Balaban J connectivity index is 2.03. The maximum atomic E-state index is 12.9. The maximum absolute atomic E-state index is 12.9. The Kier molecular flexibility index (Phi) is 7.10. The van der Waals surface area contributed by atoms with Gasteiger partial charge in [-0.25, -0.2) is 4.79 Å². The number of methoxy groups -OCH3 is 1. The topological polar surface area (TPSA) is 90.9 Å². The average molecular weight is 432 g/mol. The molecule has 30 heavy (non-hydrogen) atoms. The molecule has 7 nitrogen and oxygen atoms in total. The molecule has 160 valence electrons. The first-order chi connectivity index (χ1) is 14.5. The first-order valence-corrected chi connectivity index (χ1v) is 10.8. The minimum absolute atomic E-state index is 0.188. The largest absolute Gasteiger partial charge is 0.496 e. The van der Waals surface area contributed by atoms with Crippen LogP contribution in [0.5, 0.6) is 5.75 Å². The Bertz CT molecular complexity index is 951. The van der Waals surface area contributed by atoms with Crippen LogP contribution < -0.4 is 10.1 Å². The number of para-hydroxylation sites is 1. The lowest BCUT2D eigenvalue weighted by molar-refractivity contribution is -0.145. The number of amides is 1. The second-order valence-electron chi connectivity index (χ2n) is 6.71. The van der Waals surface area contributed by atoms with E-state index in [-0.39, 0.29) is 24.7 Å². The lowest BCUT2D eigenvalue weighted by Crippen LogP contribution is -2.23. The molecule has 2 aromatic rings. The van der Waals surface area contributed by atoms with E-state index in [0.717, 1.165) is 17.7 Å². The molecule has 1 amide bonds. The summed E-state index contributed by atoms with van der Waals surface area (Å²) in [7, 11) is 1.49. The smallest absolute Gasteiger partial charge is 0.341 e. The Morgan fingerprint density at radius 1 is 1.13 bits per heavy atom. The van der Waals surface area contributed by atoms with Gasteiger partial charge in [0.05, 0.1) is 37.4 Å². The zero-order valence-electron chi connectivity index (χ0n) is 17.3. The van der Waals surface area contributed by atoms with Crippen molar-refractivity contribution in [1.29, 1.82) is 0 Å². The predicted molar refractivity (Wildman–Crippen MR) is 114 cm³/mol. The normalized spacial score (nSPS) is 15.1. The fourth-order valence-electron chi connectivity index (χ4n) is 3.63. The number of rotatable bonds is 7. The highest BCUT2D eigenvalue weighted by Gasteiger charge is 2.37. The molecule has 1 unspecified atom stereocenters. The zero-order valence-corrected chi connectivity index (χ0v) is 18.1. The van der Waals surface area contributed by atoms with Crippen molar-refractivity contribution < 1.29 is 28.6 Å². The van der Waals surface area contributed by atoms with Gasteiger partial charge in [0.2, 0.25) is 0 Å². The molecule has 0 saturated heterocycles. The Morgan fingerprint density at radius 3 is 2.57 bits per heavy atom. The molecule has 3 rings (SSSR count). The number of carbonyl (C=O) groups is 3. The molecule has 1 aliphatic carbocycles. The van der Waals surface area contributed by atoms with Gasteiger partial charge in [0.25, 0.3) is 5.91 Å². The SMILES string of the molecule is CCOC(=O)c1c(NC(=O)c2ccccc2OC)sc2c1C(C(=O)OCC)CCC2. The van der Waals surface area contributed by atoms with Crippen LogP contribution in [0.4, 0.5) is 5.00 Å². The fourth-order valence-corrected chi connectivity index (χ4v) is 4.92. The van der Waals surface area contributed by atoms with Crippen LogP contribution >= 0.6 is 11.3 Å². The van der Waals surface area contributed by atoms with E-state index in [9.17, 15) is 14.4 Å². The number of carbonyl (C=O) groups excluding carboxylic acids is 3. The predicted octanol–water partition coefficient (Wildman–Crippen LogP) is 4.17. The van der Waals surface area contributed by atoms with Crippen LogP contribution in [-0.4, -0.2) is 38.2 Å². The highest BCUT2D eigenvalue weighted by Crippen LogP contribution is 2.44. The molecule has 0 fully saturated rings. The summed E-state index contributed by atoms with van der Waals surface area (Å²) >= 11 is 1.31. The van der Waals surface area contributed by atoms with E-state index in [1.165, 1.54) is 18.4 Å². The summed E-state index contributed by atoms with van der Waals surface area (Å²) in [5.74, 6) is -1.42. The van der Waals surface area contributed by atoms with Gasteiger partial charge < -0.3 is 19.5 Å². The molecule has 8 heteroatoms. The van der Waals surface area contributed by atoms with Crippen molar-refractivity contribution in [3.63, 3.8) is 0 Å². The third kappa shape index (κ3) is 4.33. The molecule has 0 radical (unpaired) electrons. The maximum Gasteiger partial charge on any atom is 0.341 e. The molecule has 1 N–H and O–H groups in total. The fraction of sp³-hybridized carbons (Fsp3) is 0.409. The number of thiophene rings is 1.